The van der Waals surface area contributed by atoms with Crippen LogP contribution in [0.1, 0.15) is 49.7 Å². The average molecular weight is 453 g/mol. The molecule has 0 saturated heterocycles. The van der Waals surface area contributed by atoms with Crippen LogP contribution in [0.15, 0.2) is 76.7 Å². The normalized spacial score (nSPS) is 32.3. The first-order valence-electron chi connectivity index (χ1n) is 12.6. The fraction of sp³-hybridized carbons (Fsp3) is 0.355. The van der Waals surface area contributed by atoms with E-state index in [0.717, 1.165) is 17.4 Å². The zero-order chi connectivity index (χ0) is 22.0. The molecule has 3 aromatic rings. The van der Waals surface area contributed by atoms with Crippen molar-refractivity contribution in [2.75, 3.05) is 0 Å². The van der Waals surface area contributed by atoms with Crippen molar-refractivity contribution in [2.24, 2.45) is 17.8 Å². The minimum atomic E-state index is -0.00707. The average Bonchev–Trinajstić information content (AvgIpc) is 3.37. The minimum Gasteiger partial charge on any atom is -0.456 e. The van der Waals surface area contributed by atoms with Gasteiger partial charge in [0, 0.05) is 21.9 Å². The summed E-state index contributed by atoms with van der Waals surface area (Å²) in [6.45, 7) is 0. The molecule has 1 heterocycles. The number of allylic oxidation sites excluding steroid dienone is 4. The molecule has 0 radical (unpaired) electrons. The Balaban J connectivity index is 1.52. The van der Waals surface area contributed by atoms with E-state index in [2.05, 4.69) is 78.9 Å². The second-order valence-electron chi connectivity index (χ2n) is 10.3. The molecule has 1 saturated carbocycles. The second-order valence-corrected chi connectivity index (χ2v) is 10.8. The first-order valence-corrected chi connectivity index (χ1v) is 13.0. The highest BCUT2D eigenvalue weighted by molar-refractivity contribution is 6.24. The number of fused-ring (bicyclic) bond motifs is 6. The van der Waals surface area contributed by atoms with Crippen LogP contribution >= 0.6 is 11.6 Å². The second kappa shape index (κ2) is 7.50. The fourth-order valence-corrected chi connectivity index (χ4v) is 7.81. The Morgan fingerprint density at radius 3 is 2.76 bits per heavy atom. The summed E-state index contributed by atoms with van der Waals surface area (Å²) in [5.74, 6) is 1.70. The van der Waals surface area contributed by atoms with E-state index >= 15 is 0 Å². The largest absolute Gasteiger partial charge is 0.456 e. The molecule has 2 heteroatoms. The molecule has 0 N–H and O–H groups in total. The van der Waals surface area contributed by atoms with E-state index in [1.165, 1.54) is 53.8 Å². The lowest BCUT2D eigenvalue weighted by atomic mass is 9.59. The van der Waals surface area contributed by atoms with E-state index < -0.39 is 0 Å². The predicted molar refractivity (Wildman–Crippen MR) is 137 cm³/mol. The van der Waals surface area contributed by atoms with Crippen molar-refractivity contribution in [3.05, 3.63) is 94.1 Å². The first-order chi connectivity index (χ1) is 16.3. The van der Waals surface area contributed by atoms with Crippen LogP contribution in [0.25, 0.3) is 23.1 Å². The van der Waals surface area contributed by atoms with Gasteiger partial charge >= 0.3 is 0 Å². The number of hydrogen-bond donors (Lipinski definition) is 0. The molecule has 4 aliphatic carbocycles. The summed E-state index contributed by atoms with van der Waals surface area (Å²) in [6.07, 6.45) is 18.9. The summed E-state index contributed by atoms with van der Waals surface area (Å²) in [4.78, 5) is 0. The lowest BCUT2D eigenvalue weighted by Gasteiger charge is -2.43. The van der Waals surface area contributed by atoms with Gasteiger partial charge in [-0.25, -0.2) is 0 Å². The number of halogens is 1. The third-order valence-corrected chi connectivity index (χ3v) is 9.09. The van der Waals surface area contributed by atoms with Gasteiger partial charge in [0.1, 0.15) is 11.0 Å². The van der Waals surface area contributed by atoms with E-state index in [1.54, 1.807) is 5.57 Å². The number of furan rings is 1. The van der Waals surface area contributed by atoms with Gasteiger partial charge in [0.05, 0.1) is 5.38 Å². The summed E-state index contributed by atoms with van der Waals surface area (Å²) in [6, 6.07) is 18.5. The minimum absolute atomic E-state index is 0.00707. The van der Waals surface area contributed by atoms with Crippen LogP contribution in [-0.4, -0.2) is 5.38 Å². The topological polar surface area (TPSA) is 13.1 Å². The standard InChI is InChI=1S/C31H29ClO/c32-22-15-17-26-25-16-14-21(18-29(25)33-30(26)19-22)31(20-8-2-1-3-9-20)27-12-6-4-10-23(27)24-11-5-7-13-28(24)31/h1-4,8-11,14,16-19,22-23,27-28H,5-7,12-13,15H2/t22?,23?,27-,28?,31?/m0/s1. The summed E-state index contributed by atoms with van der Waals surface area (Å²) >= 11 is 6.40. The maximum atomic E-state index is 6.41. The van der Waals surface area contributed by atoms with Gasteiger partial charge in [-0.15, -0.1) is 11.6 Å². The highest BCUT2D eigenvalue weighted by Crippen LogP contribution is 2.64. The van der Waals surface area contributed by atoms with Crippen LogP contribution in [0.3, 0.4) is 0 Å². The zero-order valence-electron chi connectivity index (χ0n) is 18.8. The lowest BCUT2D eigenvalue weighted by Crippen LogP contribution is -2.40. The van der Waals surface area contributed by atoms with Crippen LogP contribution in [0.5, 0.6) is 0 Å². The van der Waals surface area contributed by atoms with Crippen LogP contribution in [0.2, 0.25) is 0 Å². The van der Waals surface area contributed by atoms with E-state index in [0.29, 0.717) is 17.8 Å². The molecule has 1 nitrogen and oxygen atoms in total. The molecule has 2 aromatic carbocycles. The van der Waals surface area contributed by atoms with Crippen molar-refractivity contribution in [3.8, 4) is 0 Å². The van der Waals surface area contributed by atoms with E-state index in [4.69, 9.17) is 16.0 Å². The molecule has 4 unspecified atom stereocenters. The molecule has 0 bridgehead atoms. The number of hydrogen-bond acceptors (Lipinski definition) is 1. The van der Waals surface area contributed by atoms with Crippen molar-refractivity contribution in [1.29, 1.82) is 0 Å². The van der Waals surface area contributed by atoms with Gasteiger partial charge in [-0.3, -0.25) is 0 Å². The van der Waals surface area contributed by atoms with Gasteiger partial charge in [-0.2, -0.15) is 0 Å². The number of benzene rings is 2. The Kier molecular flexibility index (Phi) is 4.53. The zero-order valence-corrected chi connectivity index (χ0v) is 19.6. The van der Waals surface area contributed by atoms with Crippen LogP contribution in [0, 0.1) is 17.8 Å². The maximum Gasteiger partial charge on any atom is 0.135 e. The van der Waals surface area contributed by atoms with Crippen molar-refractivity contribution >= 4 is 34.7 Å². The summed E-state index contributed by atoms with van der Waals surface area (Å²) in [5, 5.41) is 2.45. The molecule has 0 amide bonds. The van der Waals surface area contributed by atoms with Crippen molar-refractivity contribution in [1.82, 2.24) is 0 Å². The van der Waals surface area contributed by atoms with Gasteiger partial charge in [0.15, 0.2) is 0 Å². The van der Waals surface area contributed by atoms with Crippen LogP contribution in [-0.2, 0) is 5.41 Å². The van der Waals surface area contributed by atoms with E-state index in [-0.39, 0.29) is 10.8 Å². The van der Waals surface area contributed by atoms with Gasteiger partial charge in [0.2, 0.25) is 0 Å². The van der Waals surface area contributed by atoms with Crippen LogP contribution in [0.4, 0.5) is 0 Å². The van der Waals surface area contributed by atoms with Gasteiger partial charge in [-0.1, -0.05) is 72.3 Å². The monoisotopic (exact) mass is 452 g/mol. The third-order valence-electron chi connectivity index (χ3n) is 8.79. The smallest absolute Gasteiger partial charge is 0.135 e. The highest BCUT2D eigenvalue weighted by Gasteiger charge is 2.58. The predicted octanol–water partition coefficient (Wildman–Crippen LogP) is 6.61. The van der Waals surface area contributed by atoms with Crippen LogP contribution < -0.4 is 10.6 Å². The quantitative estimate of drug-likeness (QED) is 0.315. The number of alkyl halides is 1. The summed E-state index contributed by atoms with van der Waals surface area (Å²) in [5.41, 5.74) is 6.52. The lowest BCUT2D eigenvalue weighted by molar-refractivity contribution is 0.255. The Morgan fingerprint density at radius 2 is 1.85 bits per heavy atom. The van der Waals surface area contributed by atoms with E-state index in [1.807, 2.05) is 0 Å². The molecule has 166 valence electrons. The molecule has 33 heavy (non-hydrogen) atoms. The van der Waals surface area contributed by atoms with Gasteiger partial charge in [0.25, 0.3) is 0 Å². The Bertz CT molecular complexity index is 1410. The maximum absolute atomic E-state index is 6.41. The highest BCUT2D eigenvalue weighted by atomic mass is 35.5. The molecule has 5 atom stereocenters. The molecule has 0 spiro atoms. The van der Waals surface area contributed by atoms with Gasteiger partial charge in [-0.05, 0) is 73.6 Å². The molecular formula is C31H29ClO. The van der Waals surface area contributed by atoms with Crippen molar-refractivity contribution in [3.63, 3.8) is 0 Å². The molecule has 0 aliphatic heterocycles. The first kappa shape index (κ1) is 19.9. The fourth-order valence-electron chi connectivity index (χ4n) is 7.60. The summed E-state index contributed by atoms with van der Waals surface area (Å²) in [7, 11) is 0. The SMILES string of the molecule is ClC1C=c2oc3cc(C4(c5ccccc5)C5CCCC=C5C5C=CCC[C@@H]54)ccc3c2=CC1. The summed E-state index contributed by atoms with van der Waals surface area (Å²) < 4.78 is 6.41. The molecule has 1 aromatic heterocycles. The third kappa shape index (κ3) is 2.78. The Labute approximate surface area is 200 Å². The Hall–Kier alpha value is -2.51. The van der Waals surface area contributed by atoms with Crippen molar-refractivity contribution in [2.45, 2.75) is 49.3 Å². The van der Waals surface area contributed by atoms with Crippen molar-refractivity contribution < 1.29 is 4.42 Å². The molecule has 7 rings (SSSR count). The molecular weight excluding hydrogens is 424 g/mol. The van der Waals surface area contributed by atoms with E-state index in [9.17, 15) is 0 Å². The molecule has 4 aliphatic rings. The van der Waals surface area contributed by atoms with Gasteiger partial charge < -0.3 is 4.42 Å². The Morgan fingerprint density at radius 1 is 0.939 bits per heavy atom. The number of rotatable bonds is 2. The molecule has 1 fully saturated rings.